The van der Waals surface area contributed by atoms with E-state index in [4.69, 9.17) is 4.98 Å². The van der Waals surface area contributed by atoms with E-state index in [9.17, 15) is 0 Å². The summed E-state index contributed by atoms with van der Waals surface area (Å²) in [4.78, 5) is 4.95. The first-order valence-electron chi connectivity index (χ1n) is 11.9. The maximum atomic E-state index is 4.95. The van der Waals surface area contributed by atoms with Crippen LogP contribution >= 0.6 is 0 Å². The predicted octanol–water partition coefficient (Wildman–Crippen LogP) is 8.43. The number of aromatic nitrogens is 2. The van der Waals surface area contributed by atoms with Crippen molar-refractivity contribution in [2.45, 2.75) is 53.4 Å². The molecule has 0 fully saturated rings. The van der Waals surface area contributed by atoms with Gasteiger partial charge >= 0.3 is 0 Å². The van der Waals surface area contributed by atoms with Crippen LogP contribution in [0.15, 0.2) is 66.9 Å². The molecule has 3 aromatic carbocycles. The van der Waals surface area contributed by atoms with Gasteiger partial charge in [0.2, 0.25) is 0 Å². The van der Waals surface area contributed by atoms with Crippen molar-refractivity contribution in [3.05, 3.63) is 78.0 Å². The Hall–Kier alpha value is -3.13. The molecule has 2 heterocycles. The Bertz CT molecular complexity index is 1500. The molecule has 2 aromatic heterocycles. The van der Waals surface area contributed by atoms with E-state index < -0.39 is 0 Å². The van der Waals surface area contributed by atoms with Gasteiger partial charge in [0.25, 0.3) is 0 Å². The molecule has 0 bridgehead atoms. The lowest BCUT2D eigenvalue weighted by molar-refractivity contribution is 0.412. The minimum Gasteiger partial charge on any atom is -0.342 e. The fourth-order valence-corrected chi connectivity index (χ4v) is 5.32. The lowest BCUT2D eigenvalue weighted by Gasteiger charge is -2.23. The van der Waals surface area contributed by atoms with Crippen molar-refractivity contribution in [1.29, 1.82) is 0 Å². The van der Waals surface area contributed by atoms with Crippen LogP contribution in [0.5, 0.6) is 0 Å². The highest BCUT2D eigenvalue weighted by molar-refractivity contribution is 6.13. The largest absolute Gasteiger partial charge is 0.342 e. The van der Waals surface area contributed by atoms with Crippen molar-refractivity contribution in [2.75, 3.05) is 0 Å². The number of para-hydroxylation sites is 1. The van der Waals surface area contributed by atoms with Gasteiger partial charge in [-0.3, -0.25) is 4.98 Å². The van der Waals surface area contributed by atoms with Crippen LogP contribution in [0.4, 0.5) is 0 Å². The SMILES string of the molecule is Cn1c2c(CC(C)(C)C)cccc2c2ccnc(-c3cc(C(C)(C)C)c4ccccc4c3)c21. The molecular formula is C31H34N2. The summed E-state index contributed by atoms with van der Waals surface area (Å²) in [6.07, 6.45) is 3.01. The lowest BCUT2D eigenvalue weighted by Crippen LogP contribution is -2.12. The fraction of sp³-hybridized carbons (Fsp3) is 0.323. The van der Waals surface area contributed by atoms with Gasteiger partial charge in [0.1, 0.15) is 0 Å². The Balaban J connectivity index is 1.85. The average molecular weight is 435 g/mol. The van der Waals surface area contributed by atoms with Gasteiger partial charge in [-0.15, -0.1) is 0 Å². The third kappa shape index (κ3) is 3.72. The zero-order valence-corrected chi connectivity index (χ0v) is 21.0. The van der Waals surface area contributed by atoms with E-state index in [1.807, 2.05) is 6.20 Å². The van der Waals surface area contributed by atoms with Crippen LogP contribution in [0, 0.1) is 5.41 Å². The molecule has 0 spiro atoms. The molecule has 0 amide bonds. The number of hydrogen-bond acceptors (Lipinski definition) is 1. The van der Waals surface area contributed by atoms with E-state index in [1.165, 1.54) is 49.3 Å². The third-order valence-electron chi connectivity index (χ3n) is 6.67. The fourth-order valence-electron chi connectivity index (χ4n) is 5.32. The average Bonchev–Trinajstić information content (AvgIpc) is 3.04. The van der Waals surface area contributed by atoms with Crippen molar-refractivity contribution in [2.24, 2.45) is 12.5 Å². The van der Waals surface area contributed by atoms with Crippen molar-refractivity contribution in [3.63, 3.8) is 0 Å². The van der Waals surface area contributed by atoms with Gasteiger partial charge in [0, 0.05) is 29.6 Å². The van der Waals surface area contributed by atoms with Crippen LogP contribution in [-0.2, 0) is 18.9 Å². The number of rotatable bonds is 2. The highest BCUT2D eigenvalue weighted by Crippen LogP contribution is 2.39. The quantitative estimate of drug-likeness (QED) is 0.272. The molecule has 0 saturated carbocycles. The molecule has 0 unspecified atom stereocenters. The molecule has 0 N–H and O–H groups in total. The number of benzene rings is 3. The zero-order chi connectivity index (χ0) is 23.5. The first-order chi connectivity index (χ1) is 15.5. The summed E-state index contributed by atoms with van der Waals surface area (Å²) in [6, 6.07) is 22.3. The maximum Gasteiger partial charge on any atom is 0.0945 e. The zero-order valence-electron chi connectivity index (χ0n) is 21.0. The van der Waals surface area contributed by atoms with Crippen molar-refractivity contribution in [3.8, 4) is 11.3 Å². The molecule has 0 radical (unpaired) electrons. The maximum absolute atomic E-state index is 4.95. The van der Waals surface area contributed by atoms with E-state index >= 15 is 0 Å². The van der Waals surface area contributed by atoms with Gasteiger partial charge < -0.3 is 4.57 Å². The molecular weight excluding hydrogens is 400 g/mol. The topological polar surface area (TPSA) is 17.8 Å². The van der Waals surface area contributed by atoms with E-state index in [-0.39, 0.29) is 10.8 Å². The van der Waals surface area contributed by atoms with Crippen molar-refractivity contribution in [1.82, 2.24) is 9.55 Å². The Kier molecular flexibility index (Phi) is 4.90. The molecule has 5 aromatic rings. The Labute approximate surface area is 197 Å². The van der Waals surface area contributed by atoms with Crippen molar-refractivity contribution < 1.29 is 0 Å². The second kappa shape index (κ2) is 7.45. The number of pyridine rings is 1. The minimum atomic E-state index is 0.0440. The molecule has 2 heteroatoms. The first kappa shape index (κ1) is 21.7. The molecule has 0 saturated heterocycles. The number of aryl methyl sites for hydroxylation is 1. The smallest absolute Gasteiger partial charge is 0.0945 e. The summed E-state index contributed by atoms with van der Waals surface area (Å²) in [7, 11) is 2.20. The number of fused-ring (bicyclic) bond motifs is 4. The van der Waals surface area contributed by atoms with Gasteiger partial charge in [-0.25, -0.2) is 0 Å². The summed E-state index contributed by atoms with van der Waals surface area (Å²) < 4.78 is 2.38. The Morgan fingerprint density at radius 1 is 0.758 bits per heavy atom. The summed E-state index contributed by atoms with van der Waals surface area (Å²) in [6.45, 7) is 13.8. The van der Waals surface area contributed by atoms with Gasteiger partial charge in [0.05, 0.1) is 16.7 Å². The summed E-state index contributed by atoms with van der Waals surface area (Å²) in [5.41, 5.74) is 7.82. The van der Waals surface area contributed by atoms with E-state index in [1.54, 1.807) is 0 Å². The predicted molar refractivity (Wildman–Crippen MR) is 143 cm³/mol. The van der Waals surface area contributed by atoms with Gasteiger partial charge in [-0.2, -0.15) is 0 Å². The van der Waals surface area contributed by atoms with E-state index in [0.717, 1.165) is 12.1 Å². The van der Waals surface area contributed by atoms with Crippen LogP contribution in [0.3, 0.4) is 0 Å². The van der Waals surface area contributed by atoms with Crippen LogP contribution in [0.2, 0.25) is 0 Å². The second-order valence-corrected chi connectivity index (χ2v) is 11.7. The lowest BCUT2D eigenvalue weighted by atomic mass is 9.82. The van der Waals surface area contributed by atoms with Crippen LogP contribution < -0.4 is 0 Å². The molecule has 5 rings (SSSR count). The van der Waals surface area contributed by atoms with Crippen molar-refractivity contribution >= 4 is 32.6 Å². The molecule has 0 aliphatic rings. The number of hydrogen-bond donors (Lipinski definition) is 0. The van der Waals surface area contributed by atoms with E-state index in [2.05, 4.69) is 114 Å². The van der Waals surface area contributed by atoms with Crippen LogP contribution in [0.1, 0.15) is 52.7 Å². The molecule has 2 nitrogen and oxygen atoms in total. The van der Waals surface area contributed by atoms with Gasteiger partial charge in [-0.1, -0.05) is 84.0 Å². The molecule has 0 aliphatic carbocycles. The molecule has 33 heavy (non-hydrogen) atoms. The summed E-state index contributed by atoms with van der Waals surface area (Å²) in [5, 5.41) is 5.19. The normalized spacial score (nSPS) is 12.8. The van der Waals surface area contributed by atoms with E-state index in [0.29, 0.717) is 0 Å². The molecule has 0 aliphatic heterocycles. The first-order valence-corrected chi connectivity index (χ1v) is 11.9. The highest BCUT2D eigenvalue weighted by atomic mass is 15.0. The molecule has 0 atom stereocenters. The summed E-state index contributed by atoms with van der Waals surface area (Å²) in [5.74, 6) is 0. The highest BCUT2D eigenvalue weighted by Gasteiger charge is 2.22. The standard InChI is InChI=1S/C31H34N2/c1-30(2,3)19-21-12-10-14-24-25-15-16-32-27(29(25)33(7)28(21)24)22-17-20-11-8-9-13-23(20)26(18-22)31(4,5)6/h8-18H,19H2,1-7H3. The Morgan fingerprint density at radius 2 is 1.45 bits per heavy atom. The van der Waals surface area contributed by atoms with Crippen LogP contribution in [-0.4, -0.2) is 9.55 Å². The summed E-state index contributed by atoms with van der Waals surface area (Å²) >= 11 is 0. The van der Waals surface area contributed by atoms with Gasteiger partial charge in [-0.05, 0) is 57.3 Å². The second-order valence-electron chi connectivity index (χ2n) is 11.7. The number of nitrogens with zero attached hydrogens (tertiary/aromatic N) is 2. The molecule has 168 valence electrons. The van der Waals surface area contributed by atoms with Gasteiger partial charge in [0.15, 0.2) is 0 Å². The third-order valence-corrected chi connectivity index (χ3v) is 6.67. The Morgan fingerprint density at radius 3 is 2.18 bits per heavy atom. The minimum absolute atomic E-state index is 0.0440. The van der Waals surface area contributed by atoms with Crippen LogP contribution in [0.25, 0.3) is 43.8 Å². The monoisotopic (exact) mass is 434 g/mol.